The Balaban J connectivity index is 1.13. The van der Waals surface area contributed by atoms with Gasteiger partial charge in [-0.1, -0.05) is 0 Å². The molecule has 0 aromatic carbocycles. The molecule has 5 fully saturated rings. The number of aliphatic hydroxyl groups excluding tert-OH is 1. The van der Waals surface area contributed by atoms with Crippen molar-refractivity contribution in [2.75, 3.05) is 53.8 Å². The zero-order valence-electron chi connectivity index (χ0n) is 32.9. The zero-order chi connectivity index (χ0) is 39.7. The summed E-state index contributed by atoms with van der Waals surface area (Å²) in [5.74, 6) is 0.478. The lowest BCUT2D eigenvalue weighted by Gasteiger charge is -2.45. The zero-order valence-corrected chi connectivity index (χ0v) is 32.9. The number of nitrogens with zero attached hydrogens (tertiary/aromatic N) is 4. The third kappa shape index (κ3) is 14.4. The number of hydrogen-bond donors (Lipinski definition) is 11. The Bertz CT molecular complexity index is 1050. The van der Waals surface area contributed by atoms with Crippen molar-refractivity contribution in [3.8, 4) is 0 Å². The van der Waals surface area contributed by atoms with Crippen LogP contribution in [0.2, 0.25) is 0 Å². The minimum Gasteiger partial charge on any atom is -0.395 e. The molecule has 0 spiro atoms. The molecule has 12 unspecified atom stereocenters. The van der Waals surface area contributed by atoms with Crippen LogP contribution in [0.5, 0.6) is 0 Å². The predicted molar refractivity (Wildman–Crippen MR) is 200 cm³/mol. The minimum atomic E-state index is -0.304. The summed E-state index contributed by atoms with van der Waals surface area (Å²) in [5.41, 5.74) is 0. The van der Waals surface area contributed by atoms with E-state index in [0.29, 0.717) is 19.4 Å². The van der Waals surface area contributed by atoms with E-state index in [9.17, 15) is 5.11 Å². The van der Waals surface area contributed by atoms with E-state index in [1.165, 1.54) is 0 Å². The molecule has 21 heteroatoms. The average molecular weight is 805 g/mol. The van der Waals surface area contributed by atoms with Gasteiger partial charge in [0.25, 0.3) is 0 Å². The highest BCUT2D eigenvalue weighted by molar-refractivity contribution is 4.95. The fourth-order valence-corrected chi connectivity index (χ4v) is 9.51. The van der Waals surface area contributed by atoms with Crippen LogP contribution in [0.25, 0.3) is 0 Å². The van der Waals surface area contributed by atoms with Crippen LogP contribution in [-0.2, 0) is 29.0 Å². The Morgan fingerprint density at radius 1 is 0.500 bits per heavy atom. The molecule has 0 amide bonds. The van der Waals surface area contributed by atoms with Crippen LogP contribution in [0, 0.1) is 23.7 Å². The molecule has 1 heterocycles. The van der Waals surface area contributed by atoms with E-state index < -0.39 is 0 Å². The van der Waals surface area contributed by atoms with Gasteiger partial charge in [0, 0.05) is 32.8 Å². The number of rotatable bonds is 21. The summed E-state index contributed by atoms with van der Waals surface area (Å²) < 4.78 is 12.0. The maximum absolute atomic E-state index is 9.54. The SMILES string of the molecule is COC1CC(N=NC2CC(COO)CC(COO)C2)CCC1NC1NC(NCCO)NC(NC2CCC(N=NC3CC(COO)CC(COO)C3)CC2OC)N1. The molecule has 0 aromatic heterocycles. The number of hydrogen-bond acceptors (Lipinski definition) is 21. The molecule has 0 radical (unpaired) electrons. The maximum Gasteiger partial charge on any atom is 0.116 e. The van der Waals surface area contributed by atoms with E-state index in [0.717, 1.165) is 64.2 Å². The first-order chi connectivity index (χ1) is 27.4. The van der Waals surface area contributed by atoms with Crippen LogP contribution in [0.4, 0.5) is 0 Å². The van der Waals surface area contributed by atoms with Gasteiger partial charge in [-0.2, -0.15) is 20.5 Å². The Morgan fingerprint density at radius 3 is 1.23 bits per heavy atom. The Kier molecular flexibility index (Phi) is 20.0. The van der Waals surface area contributed by atoms with E-state index in [2.05, 4.69) is 51.5 Å². The normalized spacial score (nSPS) is 40.1. The summed E-state index contributed by atoms with van der Waals surface area (Å²) in [7, 11) is 3.44. The monoisotopic (exact) mass is 805 g/mol. The van der Waals surface area contributed by atoms with Crippen LogP contribution in [0.3, 0.4) is 0 Å². The van der Waals surface area contributed by atoms with E-state index in [1.807, 2.05) is 0 Å². The van der Waals surface area contributed by atoms with Crippen molar-refractivity contribution in [3.05, 3.63) is 0 Å². The molecule has 4 aliphatic carbocycles. The Morgan fingerprint density at radius 2 is 0.875 bits per heavy atom. The van der Waals surface area contributed by atoms with Gasteiger partial charge in [-0.05, 0) is 101 Å². The first kappa shape index (κ1) is 45.6. The molecule has 5 aliphatic rings. The highest BCUT2D eigenvalue weighted by Crippen LogP contribution is 2.34. The fraction of sp³-hybridized carbons (Fsp3) is 1.00. The third-order valence-electron chi connectivity index (χ3n) is 12.1. The summed E-state index contributed by atoms with van der Waals surface area (Å²) in [4.78, 5) is 17.7. The quantitative estimate of drug-likeness (QED) is 0.0447. The largest absolute Gasteiger partial charge is 0.395 e. The van der Waals surface area contributed by atoms with Crippen molar-refractivity contribution in [1.29, 1.82) is 0 Å². The predicted octanol–water partition coefficient (Wildman–Crippen LogP) is 1.69. The summed E-state index contributed by atoms with van der Waals surface area (Å²) in [6.45, 7) is 1.29. The molecular formula is C35H68N10O11. The number of aliphatic hydroxyl groups is 1. The molecule has 1 aliphatic heterocycles. The van der Waals surface area contributed by atoms with Crippen molar-refractivity contribution >= 4 is 0 Å². The van der Waals surface area contributed by atoms with Gasteiger partial charge in [0.05, 0.1) is 69.4 Å². The summed E-state index contributed by atoms with van der Waals surface area (Å²) in [6, 6.07) is 0.0473. The molecule has 12 atom stereocenters. The Labute approximate surface area is 329 Å². The van der Waals surface area contributed by atoms with E-state index >= 15 is 0 Å². The smallest absolute Gasteiger partial charge is 0.116 e. The van der Waals surface area contributed by atoms with Gasteiger partial charge >= 0.3 is 0 Å². The van der Waals surface area contributed by atoms with Gasteiger partial charge in [-0.3, -0.25) is 52.9 Å². The summed E-state index contributed by atoms with van der Waals surface area (Å²) in [5, 5.41) is 85.8. The van der Waals surface area contributed by atoms with E-state index in [4.69, 9.17) is 51.0 Å². The number of ether oxygens (including phenoxy) is 2. The van der Waals surface area contributed by atoms with Gasteiger partial charge < -0.3 is 14.6 Å². The van der Waals surface area contributed by atoms with Crippen LogP contribution in [-0.4, -0.2) is 147 Å². The van der Waals surface area contributed by atoms with Gasteiger partial charge in [0.15, 0.2) is 0 Å². The highest BCUT2D eigenvalue weighted by Gasteiger charge is 2.38. The molecule has 4 saturated carbocycles. The second-order valence-corrected chi connectivity index (χ2v) is 16.3. The van der Waals surface area contributed by atoms with Crippen LogP contribution in [0.15, 0.2) is 20.5 Å². The first-order valence-electron chi connectivity index (χ1n) is 20.4. The van der Waals surface area contributed by atoms with Gasteiger partial charge in [0.2, 0.25) is 0 Å². The lowest BCUT2D eigenvalue weighted by atomic mass is 9.79. The molecular weight excluding hydrogens is 736 g/mol. The number of methoxy groups -OCH3 is 2. The van der Waals surface area contributed by atoms with E-state index in [1.54, 1.807) is 14.2 Å². The van der Waals surface area contributed by atoms with E-state index in [-0.39, 0.29) is 124 Å². The number of azo groups is 2. The van der Waals surface area contributed by atoms with Crippen LogP contribution >= 0.6 is 0 Å². The molecule has 0 bridgehead atoms. The maximum atomic E-state index is 9.54. The van der Waals surface area contributed by atoms with Crippen molar-refractivity contribution < 1.29 is 55.2 Å². The van der Waals surface area contributed by atoms with Gasteiger partial charge in [0.1, 0.15) is 18.9 Å². The Hall–Kier alpha value is -1.48. The molecule has 1 saturated heterocycles. The molecule has 56 heavy (non-hydrogen) atoms. The van der Waals surface area contributed by atoms with Crippen LogP contribution < -0.4 is 31.9 Å². The topological polar surface area (TPSA) is 278 Å². The van der Waals surface area contributed by atoms with Crippen molar-refractivity contribution in [2.45, 2.75) is 144 Å². The minimum absolute atomic E-state index is 0.00268. The molecule has 11 N–H and O–H groups in total. The average Bonchev–Trinajstić information content (AvgIpc) is 3.19. The van der Waals surface area contributed by atoms with Crippen molar-refractivity contribution in [2.24, 2.45) is 44.1 Å². The van der Waals surface area contributed by atoms with Gasteiger partial charge in [-0.15, -0.1) is 0 Å². The third-order valence-corrected chi connectivity index (χ3v) is 12.1. The first-order valence-corrected chi connectivity index (χ1v) is 20.4. The standard InChI is InChI=1S/C35H68N10O11/c1-51-31-15-25(42-44-27-11-21(17-53-47)9-22(12-27)18-54-48)3-5-29(31)37-34-39-33(36-7-8-46)40-35(41-34)38-30-6-4-26(16-32(30)52-2)43-45-28-13-23(19-55-49)10-24(14-28)20-56-50/h21-41,46-50H,3-20H2,1-2H3. The second kappa shape index (κ2) is 24.6. The fourth-order valence-electron chi connectivity index (χ4n) is 9.51. The lowest BCUT2D eigenvalue weighted by Crippen LogP contribution is -2.79. The molecule has 0 aromatic rings. The van der Waals surface area contributed by atoms with Gasteiger partial charge in [-0.25, -0.2) is 19.6 Å². The molecule has 324 valence electrons. The molecule has 21 nitrogen and oxygen atoms in total. The highest BCUT2D eigenvalue weighted by atomic mass is 17.1. The lowest BCUT2D eigenvalue weighted by molar-refractivity contribution is -0.263. The molecule has 5 rings (SSSR count). The van der Waals surface area contributed by atoms with Crippen LogP contribution in [0.1, 0.15) is 77.0 Å². The summed E-state index contributed by atoms with van der Waals surface area (Å²) >= 11 is 0. The second-order valence-electron chi connectivity index (χ2n) is 16.3. The van der Waals surface area contributed by atoms with Crippen molar-refractivity contribution in [1.82, 2.24) is 31.9 Å². The summed E-state index contributed by atoms with van der Waals surface area (Å²) in [6.07, 6.45) is 8.26. The van der Waals surface area contributed by atoms with Crippen molar-refractivity contribution in [3.63, 3.8) is 0 Å². The number of nitrogens with one attached hydrogen (secondary N) is 6.